The second kappa shape index (κ2) is 16.3. The minimum absolute atomic E-state index is 0.220. The van der Waals surface area contributed by atoms with E-state index < -0.39 is 17.9 Å². The maximum absolute atomic E-state index is 12.8. The van der Waals surface area contributed by atoms with Gasteiger partial charge in [0, 0.05) is 16.3 Å². The van der Waals surface area contributed by atoms with Crippen LogP contribution in [0.1, 0.15) is 43.5 Å². The molecule has 45 heavy (non-hydrogen) atoms. The predicted octanol–water partition coefficient (Wildman–Crippen LogP) is 5.97. The number of nitrogens with one attached hydrogen (secondary N) is 3. The first kappa shape index (κ1) is 33.8. The number of thiocarbonyl (C=S) groups is 1. The number of ether oxygens (including phenoxy) is 4. The molecule has 1 heterocycles. The molecule has 0 unspecified atom stereocenters. The highest BCUT2D eigenvalue weighted by Crippen LogP contribution is 2.37. The van der Waals surface area contributed by atoms with Crippen molar-refractivity contribution in [1.29, 1.82) is 0 Å². The van der Waals surface area contributed by atoms with Crippen LogP contribution in [-0.2, 0) is 20.9 Å². The zero-order valence-electron chi connectivity index (χ0n) is 24.8. The van der Waals surface area contributed by atoms with Gasteiger partial charge in [0.2, 0.25) is 0 Å². The number of hydrogen-bond acceptors (Lipinski definition) is 8. The number of carbonyl (C=O) groups is 2. The van der Waals surface area contributed by atoms with Crippen LogP contribution < -0.4 is 30.3 Å². The third-order valence-corrected chi connectivity index (χ3v) is 7.40. The number of esters is 1. The highest BCUT2D eigenvalue weighted by atomic mass is 79.9. The minimum Gasteiger partial charge on any atom is -0.490 e. The van der Waals surface area contributed by atoms with Crippen molar-refractivity contribution in [3.05, 3.63) is 98.1 Å². The Labute approximate surface area is 280 Å². The number of allylic oxidation sites excluding steroid dienone is 1. The fourth-order valence-corrected chi connectivity index (χ4v) is 5.52. The van der Waals surface area contributed by atoms with Crippen molar-refractivity contribution in [2.45, 2.75) is 33.4 Å². The fourth-order valence-electron chi connectivity index (χ4n) is 4.46. The smallest absolute Gasteiger partial charge is 0.338 e. The maximum Gasteiger partial charge on any atom is 0.338 e. The molecule has 10 nitrogen and oxygen atoms in total. The predicted molar refractivity (Wildman–Crippen MR) is 180 cm³/mol. The van der Waals surface area contributed by atoms with Crippen molar-refractivity contribution in [2.75, 3.05) is 19.8 Å². The Hall–Kier alpha value is -4.13. The van der Waals surface area contributed by atoms with E-state index in [1.165, 1.54) is 6.21 Å². The van der Waals surface area contributed by atoms with Crippen LogP contribution >= 0.6 is 39.7 Å². The van der Waals surface area contributed by atoms with E-state index in [0.717, 1.165) is 5.56 Å². The van der Waals surface area contributed by atoms with Crippen LogP contribution in [0, 0.1) is 0 Å². The van der Waals surface area contributed by atoms with Gasteiger partial charge in [0.25, 0.3) is 5.91 Å². The molecule has 0 saturated carbocycles. The van der Waals surface area contributed by atoms with E-state index in [-0.39, 0.29) is 13.2 Å². The molecule has 1 amide bonds. The molecule has 3 N–H and O–H groups in total. The molecule has 0 spiro atoms. The summed E-state index contributed by atoms with van der Waals surface area (Å²) in [7, 11) is 0. The molecule has 0 radical (unpaired) electrons. The molecule has 0 bridgehead atoms. The van der Waals surface area contributed by atoms with Gasteiger partial charge in [0.1, 0.15) is 12.4 Å². The Balaban J connectivity index is 1.41. The first-order valence-corrected chi connectivity index (χ1v) is 15.6. The maximum atomic E-state index is 12.8. The zero-order valence-corrected chi connectivity index (χ0v) is 28.0. The molecule has 0 saturated heterocycles. The number of hydrogen-bond donors (Lipinski definition) is 3. The normalized spacial score (nSPS) is 14.4. The van der Waals surface area contributed by atoms with Crippen LogP contribution in [0.15, 0.2) is 81.5 Å². The van der Waals surface area contributed by atoms with Crippen molar-refractivity contribution >= 4 is 63.0 Å². The van der Waals surface area contributed by atoms with Crippen LogP contribution in [0.3, 0.4) is 0 Å². The van der Waals surface area contributed by atoms with Gasteiger partial charge < -0.3 is 29.6 Å². The summed E-state index contributed by atoms with van der Waals surface area (Å²) in [5.74, 6) is 0.471. The second-order valence-corrected chi connectivity index (χ2v) is 11.3. The van der Waals surface area contributed by atoms with Crippen molar-refractivity contribution in [3.63, 3.8) is 0 Å². The Morgan fingerprint density at radius 3 is 2.60 bits per heavy atom. The molecule has 0 fully saturated rings. The summed E-state index contributed by atoms with van der Waals surface area (Å²) in [6.07, 6.45) is 1.49. The summed E-state index contributed by atoms with van der Waals surface area (Å²) in [5, 5.41) is 11.1. The summed E-state index contributed by atoms with van der Waals surface area (Å²) in [6.45, 7) is 5.97. The number of para-hydroxylation sites is 1. The van der Waals surface area contributed by atoms with Gasteiger partial charge in [-0.1, -0.05) is 41.9 Å². The molecule has 13 heteroatoms. The number of amides is 1. The number of rotatable bonds is 13. The Morgan fingerprint density at radius 1 is 1.04 bits per heavy atom. The molecule has 1 aliphatic rings. The first-order valence-electron chi connectivity index (χ1n) is 14.0. The van der Waals surface area contributed by atoms with Gasteiger partial charge in [-0.25, -0.2) is 10.2 Å². The lowest BCUT2D eigenvalue weighted by molar-refractivity contribution is -0.139. The van der Waals surface area contributed by atoms with Crippen LogP contribution in [0.2, 0.25) is 5.02 Å². The average Bonchev–Trinajstić information content (AvgIpc) is 2.99. The third-order valence-electron chi connectivity index (χ3n) is 6.36. The monoisotopic (exact) mass is 714 g/mol. The standard InChI is InChI=1S/C32H32BrClN4O6S/c1-4-41-26-15-21(14-24(33)30(26)44-17-20-9-8-10-22(34)13-20)16-35-38-27(39)18-43-25-12-7-6-11-23(25)29-28(31(40)42-5-2)19(3)36-32(45)37-29/h6-16,29H,4-5,17-18H2,1-3H3,(H,38,39)(H2,36,37,45)/t29-/m0/s1. The van der Waals surface area contributed by atoms with E-state index in [0.29, 0.717) is 67.5 Å². The first-order chi connectivity index (χ1) is 21.7. The van der Waals surface area contributed by atoms with Gasteiger partial charge in [-0.05, 0) is 90.4 Å². The van der Waals surface area contributed by atoms with Crippen molar-refractivity contribution < 1.29 is 28.5 Å². The molecule has 0 aromatic heterocycles. The number of halogens is 2. The summed E-state index contributed by atoms with van der Waals surface area (Å²) in [5.41, 5.74) is 5.60. The zero-order chi connectivity index (χ0) is 32.3. The number of nitrogens with zero attached hydrogens (tertiary/aromatic N) is 1. The Kier molecular flexibility index (Phi) is 12.2. The highest BCUT2D eigenvalue weighted by molar-refractivity contribution is 9.10. The molecule has 3 aromatic rings. The molecule has 236 valence electrons. The molecule has 1 aliphatic heterocycles. The van der Waals surface area contributed by atoms with Gasteiger partial charge in [-0.15, -0.1) is 0 Å². The van der Waals surface area contributed by atoms with E-state index in [1.807, 2.05) is 25.1 Å². The Bertz CT molecular complexity index is 1630. The lowest BCUT2D eigenvalue weighted by atomic mass is 9.95. The van der Waals surface area contributed by atoms with Gasteiger partial charge in [-0.3, -0.25) is 4.79 Å². The van der Waals surface area contributed by atoms with E-state index >= 15 is 0 Å². The molecule has 0 aliphatic carbocycles. The van der Waals surface area contributed by atoms with Crippen LogP contribution in [-0.4, -0.2) is 43.0 Å². The largest absolute Gasteiger partial charge is 0.490 e. The third kappa shape index (κ3) is 9.19. The Morgan fingerprint density at radius 2 is 1.84 bits per heavy atom. The molecule has 4 rings (SSSR count). The lowest BCUT2D eigenvalue weighted by Crippen LogP contribution is -2.45. The van der Waals surface area contributed by atoms with Crippen molar-refractivity contribution in [2.24, 2.45) is 5.10 Å². The van der Waals surface area contributed by atoms with Gasteiger partial charge in [0.15, 0.2) is 23.2 Å². The van der Waals surface area contributed by atoms with Crippen LogP contribution in [0.5, 0.6) is 17.2 Å². The highest BCUT2D eigenvalue weighted by Gasteiger charge is 2.32. The van der Waals surface area contributed by atoms with Crippen LogP contribution in [0.4, 0.5) is 0 Å². The molecule has 1 atom stereocenters. The van der Waals surface area contributed by atoms with Gasteiger partial charge in [0.05, 0.1) is 35.5 Å². The van der Waals surface area contributed by atoms with Gasteiger partial charge in [-0.2, -0.15) is 5.10 Å². The molecular weight excluding hydrogens is 684 g/mol. The second-order valence-electron chi connectivity index (χ2n) is 9.59. The minimum atomic E-state index is -0.634. The van der Waals surface area contributed by atoms with Crippen molar-refractivity contribution in [3.8, 4) is 17.2 Å². The molecular formula is C32H32BrClN4O6S. The van der Waals surface area contributed by atoms with E-state index in [4.69, 9.17) is 42.8 Å². The number of benzene rings is 3. The molecule has 3 aromatic carbocycles. The van der Waals surface area contributed by atoms with Crippen molar-refractivity contribution in [1.82, 2.24) is 16.1 Å². The summed E-state index contributed by atoms with van der Waals surface area (Å²) < 4.78 is 23.6. The van der Waals surface area contributed by atoms with Crippen LogP contribution in [0.25, 0.3) is 0 Å². The summed E-state index contributed by atoms with van der Waals surface area (Å²) >= 11 is 15.0. The van der Waals surface area contributed by atoms with Gasteiger partial charge >= 0.3 is 5.97 Å². The average molecular weight is 716 g/mol. The fraction of sp³-hybridized carbons (Fsp3) is 0.250. The lowest BCUT2D eigenvalue weighted by Gasteiger charge is -2.30. The topological polar surface area (TPSA) is 120 Å². The quantitative estimate of drug-likeness (QED) is 0.0852. The number of hydrazone groups is 1. The summed E-state index contributed by atoms with van der Waals surface area (Å²) in [6, 6.07) is 17.4. The number of carbonyl (C=O) groups excluding carboxylic acids is 2. The van der Waals surface area contributed by atoms with E-state index in [1.54, 1.807) is 56.3 Å². The summed E-state index contributed by atoms with van der Waals surface area (Å²) in [4.78, 5) is 25.4. The SMILES string of the molecule is CCOC(=O)C1=C(C)NC(=S)N[C@H]1c1ccccc1OCC(=O)NN=Cc1cc(Br)c(OCc2cccc(Cl)c2)c(OCC)c1. The van der Waals surface area contributed by atoms with E-state index in [2.05, 4.69) is 37.1 Å². The van der Waals surface area contributed by atoms with E-state index in [9.17, 15) is 9.59 Å².